The van der Waals surface area contributed by atoms with E-state index in [9.17, 15) is 4.79 Å². The van der Waals surface area contributed by atoms with Crippen molar-refractivity contribution in [1.29, 1.82) is 0 Å². The van der Waals surface area contributed by atoms with Gasteiger partial charge in [0.2, 0.25) is 0 Å². The lowest BCUT2D eigenvalue weighted by Crippen LogP contribution is -2.31. The second kappa shape index (κ2) is 3.33. The number of rotatable bonds is 0. The van der Waals surface area contributed by atoms with Crippen molar-refractivity contribution >= 4 is 11.6 Å². The molecule has 0 aromatic carbocycles. The van der Waals surface area contributed by atoms with E-state index >= 15 is 0 Å². The van der Waals surface area contributed by atoms with Gasteiger partial charge in [0.1, 0.15) is 5.84 Å². The fraction of sp³-hybridized carbons (Fsp3) is 0.500. The molecule has 0 radical (unpaired) electrons. The largest absolute Gasteiger partial charge is 0.387 e. The van der Waals surface area contributed by atoms with Gasteiger partial charge in [-0.15, -0.1) is 0 Å². The monoisotopic (exact) mass is 204 g/mol. The first-order valence-electron chi connectivity index (χ1n) is 5.28. The van der Waals surface area contributed by atoms with Crippen LogP contribution in [0.5, 0.6) is 0 Å². The minimum atomic E-state index is -0.106. The van der Waals surface area contributed by atoms with Gasteiger partial charge in [-0.3, -0.25) is 4.79 Å². The molecule has 3 heteroatoms. The van der Waals surface area contributed by atoms with E-state index in [0.29, 0.717) is 12.3 Å². The topological polar surface area (TPSA) is 55.5 Å². The van der Waals surface area contributed by atoms with Crippen molar-refractivity contribution in [2.75, 3.05) is 0 Å². The van der Waals surface area contributed by atoms with Crippen LogP contribution in [0.15, 0.2) is 28.4 Å². The second-order valence-corrected chi connectivity index (χ2v) is 4.77. The highest BCUT2D eigenvalue weighted by molar-refractivity contribution is 6.00. The van der Waals surface area contributed by atoms with Gasteiger partial charge in [0.15, 0.2) is 5.78 Å². The quantitative estimate of drug-likeness (QED) is 0.655. The zero-order valence-corrected chi connectivity index (χ0v) is 9.21. The molecule has 0 saturated carbocycles. The molecule has 0 bridgehead atoms. The lowest BCUT2D eigenvalue weighted by Gasteiger charge is -2.21. The summed E-state index contributed by atoms with van der Waals surface area (Å²) in [5.74, 6) is 0.827. The van der Waals surface area contributed by atoms with E-state index in [1.165, 1.54) is 0 Å². The van der Waals surface area contributed by atoms with Crippen molar-refractivity contribution in [3.8, 4) is 0 Å². The zero-order valence-electron chi connectivity index (χ0n) is 9.21. The normalized spacial score (nSPS) is 24.7. The summed E-state index contributed by atoms with van der Waals surface area (Å²) in [6.07, 6.45) is 5.95. The number of nitrogens with zero attached hydrogens (tertiary/aromatic N) is 1. The molecule has 0 aromatic heterocycles. The maximum atomic E-state index is 11.7. The average molecular weight is 204 g/mol. The highest BCUT2D eigenvalue weighted by Gasteiger charge is 2.29. The molecule has 0 atom stereocenters. The number of carbonyl (C=O) groups excluding carboxylic acids is 1. The number of allylic oxidation sites excluding steroid dienone is 3. The number of hydrogen-bond donors (Lipinski definition) is 1. The van der Waals surface area contributed by atoms with Crippen LogP contribution in [0.4, 0.5) is 0 Å². The minimum Gasteiger partial charge on any atom is -0.387 e. The van der Waals surface area contributed by atoms with Crippen LogP contribution in [0, 0.1) is 5.41 Å². The van der Waals surface area contributed by atoms with Crippen molar-refractivity contribution in [1.82, 2.24) is 0 Å². The van der Waals surface area contributed by atoms with Gasteiger partial charge < -0.3 is 5.73 Å². The first-order chi connectivity index (χ1) is 7.00. The second-order valence-electron chi connectivity index (χ2n) is 4.77. The van der Waals surface area contributed by atoms with Gasteiger partial charge in [-0.1, -0.05) is 19.9 Å². The SMILES string of the molecule is CC1(C)CCC2=C(C=CCC2=O)N=C1N. The highest BCUT2D eigenvalue weighted by atomic mass is 16.1. The lowest BCUT2D eigenvalue weighted by molar-refractivity contribution is -0.115. The third-order valence-electron chi connectivity index (χ3n) is 3.16. The third-order valence-corrected chi connectivity index (χ3v) is 3.16. The van der Waals surface area contributed by atoms with Crippen LogP contribution in [0.1, 0.15) is 33.1 Å². The van der Waals surface area contributed by atoms with Gasteiger partial charge in [0.25, 0.3) is 0 Å². The van der Waals surface area contributed by atoms with Gasteiger partial charge in [-0.05, 0) is 18.9 Å². The molecule has 1 aliphatic carbocycles. The minimum absolute atomic E-state index is 0.106. The Labute approximate surface area is 89.8 Å². The van der Waals surface area contributed by atoms with Gasteiger partial charge in [-0.25, -0.2) is 4.99 Å². The van der Waals surface area contributed by atoms with Crippen molar-refractivity contribution in [2.24, 2.45) is 16.1 Å². The highest BCUT2D eigenvalue weighted by Crippen LogP contribution is 2.32. The number of ketones is 1. The lowest BCUT2D eigenvalue weighted by atomic mass is 9.84. The molecule has 1 aliphatic heterocycles. The summed E-state index contributed by atoms with van der Waals surface area (Å²) < 4.78 is 0. The van der Waals surface area contributed by atoms with Crippen molar-refractivity contribution in [3.05, 3.63) is 23.4 Å². The number of aliphatic imine (C=N–C) groups is 1. The van der Waals surface area contributed by atoms with Crippen LogP contribution >= 0.6 is 0 Å². The molecule has 2 N–H and O–H groups in total. The smallest absolute Gasteiger partial charge is 0.164 e. The van der Waals surface area contributed by atoms with E-state index in [1.54, 1.807) is 0 Å². The van der Waals surface area contributed by atoms with E-state index in [1.807, 2.05) is 12.2 Å². The van der Waals surface area contributed by atoms with E-state index in [0.717, 1.165) is 24.1 Å². The molecule has 0 fully saturated rings. The molecule has 0 amide bonds. The summed E-state index contributed by atoms with van der Waals surface area (Å²) in [5.41, 5.74) is 7.46. The molecule has 15 heavy (non-hydrogen) atoms. The Hall–Kier alpha value is -1.38. The van der Waals surface area contributed by atoms with E-state index in [2.05, 4.69) is 18.8 Å². The summed E-state index contributed by atoms with van der Waals surface area (Å²) in [4.78, 5) is 16.0. The molecule has 0 spiro atoms. The Morgan fingerprint density at radius 2 is 2.20 bits per heavy atom. The van der Waals surface area contributed by atoms with Gasteiger partial charge in [-0.2, -0.15) is 0 Å². The van der Waals surface area contributed by atoms with Crippen LogP contribution in [-0.4, -0.2) is 11.6 Å². The summed E-state index contributed by atoms with van der Waals surface area (Å²) in [6.45, 7) is 4.14. The van der Waals surface area contributed by atoms with Crippen molar-refractivity contribution in [3.63, 3.8) is 0 Å². The molecule has 0 aromatic rings. The molecule has 0 unspecified atom stereocenters. The fourth-order valence-electron chi connectivity index (χ4n) is 1.86. The Balaban J connectivity index is 2.44. The van der Waals surface area contributed by atoms with Gasteiger partial charge in [0, 0.05) is 17.4 Å². The molecule has 0 saturated heterocycles. The Bertz CT molecular complexity index is 400. The van der Waals surface area contributed by atoms with Crippen molar-refractivity contribution in [2.45, 2.75) is 33.1 Å². The van der Waals surface area contributed by atoms with Gasteiger partial charge in [0.05, 0.1) is 5.70 Å². The zero-order chi connectivity index (χ0) is 11.1. The number of carbonyl (C=O) groups is 1. The van der Waals surface area contributed by atoms with E-state index < -0.39 is 0 Å². The van der Waals surface area contributed by atoms with Crippen LogP contribution in [-0.2, 0) is 4.79 Å². The molecule has 2 rings (SSSR count). The summed E-state index contributed by atoms with van der Waals surface area (Å²) in [7, 11) is 0. The van der Waals surface area contributed by atoms with Crippen LogP contribution in [0.2, 0.25) is 0 Å². The fourth-order valence-corrected chi connectivity index (χ4v) is 1.86. The Morgan fingerprint density at radius 1 is 1.47 bits per heavy atom. The van der Waals surface area contributed by atoms with Crippen LogP contribution in [0.25, 0.3) is 0 Å². The van der Waals surface area contributed by atoms with Gasteiger partial charge >= 0.3 is 0 Å². The summed E-state index contributed by atoms with van der Waals surface area (Å²) >= 11 is 0. The predicted molar refractivity (Wildman–Crippen MR) is 60.4 cm³/mol. The number of Topliss-reactive ketones (excluding diaryl/α,β-unsaturated/α-hetero) is 1. The van der Waals surface area contributed by atoms with Crippen LogP contribution < -0.4 is 5.73 Å². The average Bonchev–Trinajstić information content (AvgIpc) is 2.26. The van der Waals surface area contributed by atoms with Crippen molar-refractivity contribution < 1.29 is 4.79 Å². The first kappa shape index (κ1) is 10.1. The Morgan fingerprint density at radius 3 is 2.93 bits per heavy atom. The molecule has 3 nitrogen and oxygen atoms in total. The number of amidine groups is 1. The predicted octanol–water partition coefficient (Wildman–Crippen LogP) is 1.95. The first-order valence-corrected chi connectivity index (χ1v) is 5.28. The molecule has 2 aliphatic rings. The van der Waals surface area contributed by atoms with E-state index in [4.69, 9.17) is 5.73 Å². The standard InChI is InChI=1S/C12H16N2O/c1-12(2)7-6-8-9(14-11(12)13)4-3-5-10(8)15/h3-4H,5-7H2,1-2H3,(H2,13,14). The maximum Gasteiger partial charge on any atom is 0.164 e. The molecule has 1 heterocycles. The summed E-state index contributed by atoms with van der Waals surface area (Å²) in [5, 5.41) is 0. The molecular formula is C12H16N2O. The molecular weight excluding hydrogens is 188 g/mol. The number of nitrogens with two attached hydrogens (primary N) is 1. The van der Waals surface area contributed by atoms with E-state index in [-0.39, 0.29) is 11.2 Å². The third kappa shape index (κ3) is 1.74. The summed E-state index contributed by atoms with van der Waals surface area (Å²) in [6, 6.07) is 0. The number of hydrogen-bond acceptors (Lipinski definition) is 3. The Kier molecular flexibility index (Phi) is 2.25. The van der Waals surface area contributed by atoms with Crippen LogP contribution in [0.3, 0.4) is 0 Å². The maximum absolute atomic E-state index is 11.7. The molecule has 80 valence electrons.